The summed E-state index contributed by atoms with van der Waals surface area (Å²) in [5.41, 5.74) is 1.29. The number of nitrogens with one attached hydrogen (secondary N) is 1. The summed E-state index contributed by atoms with van der Waals surface area (Å²) in [6.07, 6.45) is 2.29. The lowest BCUT2D eigenvalue weighted by Gasteiger charge is -2.11. The average molecular weight is 286 g/mol. The number of rotatable bonds is 6. The summed E-state index contributed by atoms with van der Waals surface area (Å²) in [4.78, 5) is 12.5. The number of imidazole rings is 1. The van der Waals surface area contributed by atoms with Gasteiger partial charge in [0.2, 0.25) is 5.28 Å². The third-order valence-electron chi connectivity index (χ3n) is 2.97. The molecule has 0 bridgehead atoms. The summed E-state index contributed by atoms with van der Waals surface area (Å²) in [7, 11) is 1.74. The smallest absolute Gasteiger partial charge is 0.226 e. The number of aromatic nitrogens is 4. The van der Waals surface area contributed by atoms with Crippen molar-refractivity contribution in [3.63, 3.8) is 0 Å². The van der Waals surface area contributed by atoms with Gasteiger partial charge in [0.15, 0.2) is 17.0 Å². The van der Waals surface area contributed by atoms with Crippen LogP contribution < -0.4 is 5.32 Å². The zero-order valence-electron chi connectivity index (χ0n) is 10.5. The van der Waals surface area contributed by atoms with Crippen LogP contribution in [0.5, 0.6) is 0 Å². The van der Waals surface area contributed by atoms with Crippen molar-refractivity contribution in [2.75, 3.05) is 25.6 Å². The average Bonchev–Trinajstić information content (AvgIpc) is 2.82. The number of hydrogen-bond donors (Lipinski definition) is 3. The molecular formula is C11H16ClN5O2. The Morgan fingerprint density at radius 1 is 1.37 bits per heavy atom. The number of aliphatic hydroxyl groups excluding tert-OH is 2. The molecule has 0 aliphatic carbocycles. The Balaban J connectivity index is 2.27. The van der Waals surface area contributed by atoms with Crippen molar-refractivity contribution in [1.82, 2.24) is 19.5 Å². The normalized spacial score (nSPS) is 11.4. The van der Waals surface area contributed by atoms with Crippen molar-refractivity contribution in [2.45, 2.75) is 13.0 Å². The molecule has 0 aromatic carbocycles. The Morgan fingerprint density at radius 3 is 2.74 bits per heavy atom. The van der Waals surface area contributed by atoms with Gasteiger partial charge in [-0.25, -0.2) is 4.98 Å². The van der Waals surface area contributed by atoms with Crippen molar-refractivity contribution in [3.05, 3.63) is 11.6 Å². The van der Waals surface area contributed by atoms with Crippen LogP contribution in [0.15, 0.2) is 6.33 Å². The van der Waals surface area contributed by atoms with Gasteiger partial charge in [0.25, 0.3) is 0 Å². The fraction of sp³-hybridized carbons (Fsp3) is 0.545. The third kappa shape index (κ3) is 2.94. The number of nitrogens with zero attached hydrogens (tertiary/aromatic N) is 4. The first-order chi connectivity index (χ1) is 9.19. The number of aliphatic hydroxyl groups is 2. The number of anilines is 1. The minimum atomic E-state index is -0.140. The van der Waals surface area contributed by atoms with Crippen LogP contribution >= 0.6 is 11.6 Å². The van der Waals surface area contributed by atoms with Gasteiger partial charge >= 0.3 is 0 Å². The summed E-state index contributed by atoms with van der Waals surface area (Å²) in [6.45, 7) is 0.514. The largest absolute Gasteiger partial charge is 0.396 e. The molecule has 0 atom stereocenters. The van der Waals surface area contributed by atoms with E-state index in [9.17, 15) is 0 Å². The highest BCUT2D eigenvalue weighted by Gasteiger charge is 2.13. The van der Waals surface area contributed by atoms with Gasteiger partial charge in [0.05, 0.1) is 6.33 Å². The monoisotopic (exact) mass is 285 g/mol. The van der Waals surface area contributed by atoms with Gasteiger partial charge in [-0.15, -0.1) is 0 Å². The predicted octanol–water partition coefficient (Wildman–Crippen LogP) is 0.512. The molecule has 0 aliphatic rings. The molecular weight excluding hydrogens is 270 g/mol. The molecule has 3 N–H and O–H groups in total. The van der Waals surface area contributed by atoms with Gasteiger partial charge in [-0.05, 0) is 18.0 Å². The predicted molar refractivity (Wildman–Crippen MR) is 72.2 cm³/mol. The highest BCUT2D eigenvalue weighted by molar-refractivity contribution is 6.28. The summed E-state index contributed by atoms with van der Waals surface area (Å²) in [5.74, 6) is 0.438. The number of fused-ring (bicyclic) bond motifs is 1. The van der Waals surface area contributed by atoms with Gasteiger partial charge < -0.3 is 20.1 Å². The van der Waals surface area contributed by atoms with Gasteiger partial charge in [-0.2, -0.15) is 9.97 Å². The van der Waals surface area contributed by atoms with Crippen LogP contribution in [0.25, 0.3) is 11.2 Å². The Labute approximate surface area is 115 Å². The molecule has 0 fully saturated rings. The molecule has 0 radical (unpaired) electrons. The van der Waals surface area contributed by atoms with E-state index in [2.05, 4.69) is 20.3 Å². The van der Waals surface area contributed by atoms with Crippen molar-refractivity contribution in [2.24, 2.45) is 5.92 Å². The van der Waals surface area contributed by atoms with E-state index in [1.165, 1.54) is 0 Å². The molecule has 8 heteroatoms. The summed E-state index contributed by atoms with van der Waals surface area (Å²) < 4.78 is 1.84. The molecule has 0 saturated heterocycles. The van der Waals surface area contributed by atoms with Crippen LogP contribution in [-0.2, 0) is 6.54 Å². The lowest BCUT2D eigenvalue weighted by atomic mass is 10.1. The highest BCUT2D eigenvalue weighted by Crippen LogP contribution is 2.20. The molecule has 0 aliphatic heterocycles. The topological polar surface area (TPSA) is 96.1 Å². The summed E-state index contributed by atoms with van der Waals surface area (Å²) >= 11 is 5.87. The van der Waals surface area contributed by atoms with E-state index < -0.39 is 0 Å². The van der Waals surface area contributed by atoms with E-state index in [1.54, 1.807) is 13.4 Å². The standard InChI is InChI=1S/C11H16ClN5O2/c1-13-9-8-10(16-11(12)15-9)17(6-14-8)3-2-7(4-18)5-19/h6-7,18-19H,2-5H2,1H3,(H,13,15,16). The van der Waals surface area contributed by atoms with Crippen LogP contribution in [0.1, 0.15) is 6.42 Å². The maximum atomic E-state index is 9.05. The van der Waals surface area contributed by atoms with E-state index in [0.717, 1.165) is 0 Å². The van der Waals surface area contributed by atoms with E-state index in [-0.39, 0.29) is 24.4 Å². The molecule has 0 unspecified atom stereocenters. The Morgan fingerprint density at radius 2 is 2.11 bits per heavy atom. The molecule has 0 spiro atoms. The van der Waals surface area contributed by atoms with Crippen molar-refractivity contribution >= 4 is 28.6 Å². The maximum Gasteiger partial charge on any atom is 0.226 e. The van der Waals surface area contributed by atoms with Crippen LogP contribution in [0, 0.1) is 5.92 Å². The molecule has 7 nitrogen and oxygen atoms in total. The molecule has 104 valence electrons. The number of aryl methyl sites for hydroxylation is 1. The number of hydrogen-bond acceptors (Lipinski definition) is 6. The van der Waals surface area contributed by atoms with Crippen LogP contribution in [0.2, 0.25) is 5.28 Å². The highest BCUT2D eigenvalue weighted by atomic mass is 35.5. The van der Waals surface area contributed by atoms with Gasteiger partial charge in [0, 0.05) is 32.7 Å². The molecule has 2 heterocycles. The fourth-order valence-corrected chi connectivity index (χ4v) is 1.98. The zero-order chi connectivity index (χ0) is 13.8. The molecule has 0 saturated carbocycles. The van der Waals surface area contributed by atoms with Gasteiger partial charge in [-0.3, -0.25) is 0 Å². The quantitative estimate of drug-likeness (QED) is 0.669. The van der Waals surface area contributed by atoms with E-state index in [1.807, 2.05) is 4.57 Å². The molecule has 19 heavy (non-hydrogen) atoms. The minimum absolute atomic E-state index is 0.0410. The maximum absolute atomic E-state index is 9.05. The van der Waals surface area contributed by atoms with E-state index in [4.69, 9.17) is 21.8 Å². The van der Waals surface area contributed by atoms with Crippen molar-refractivity contribution in [3.8, 4) is 0 Å². The van der Waals surface area contributed by atoms with Crippen LogP contribution in [0.3, 0.4) is 0 Å². The van der Waals surface area contributed by atoms with Crippen LogP contribution in [0.4, 0.5) is 5.82 Å². The zero-order valence-corrected chi connectivity index (χ0v) is 11.3. The van der Waals surface area contributed by atoms with Gasteiger partial charge in [-0.1, -0.05) is 0 Å². The lowest BCUT2D eigenvalue weighted by Crippen LogP contribution is -2.14. The second-order valence-corrected chi connectivity index (χ2v) is 4.56. The first kappa shape index (κ1) is 14.0. The number of halogens is 1. The Bertz CT molecular complexity index is 555. The second-order valence-electron chi connectivity index (χ2n) is 4.22. The summed E-state index contributed by atoms with van der Waals surface area (Å²) in [5, 5.41) is 21.2. The van der Waals surface area contributed by atoms with E-state index >= 15 is 0 Å². The fourth-order valence-electron chi connectivity index (χ4n) is 1.82. The molecule has 2 rings (SSSR count). The first-order valence-corrected chi connectivity index (χ1v) is 6.35. The second kappa shape index (κ2) is 6.14. The van der Waals surface area contributed by atoms with Crippen LogP contribution in [-0.4, -0.2) is 50.0 Å². The third-order valence-corrected chi connectivity index (χ3v) is 3.14. The van der Waals surface area contributed by atoms with Gasteiger partial charge in [0.1, 0.15) is 0 Å². The summed E-state index contributed by atoms with van der Waals surface area (Å²) in [6, 6.07) is 0. The molecule has 2 aromatic rings. The molecule has 0 amide bonds. The van der Waals surface area contributed by atoms with Crippen molar-refractivity contribution < 1.29 is 10.2 Å². The first-order valence-electron chi connectivity index (χ1n) is 5.97. The van der Waals surface area contributed by atoms with Crippen molar-refractivity contribution in [1.29, 1.82) is 0 Å². The minimum Gasteiger partial charge on any atom is -0.396 e. The molecule has 2 aromatic heterocycles. The lowest BCUT2D eigenvalue weighted by molar-refractivity contribution is 0.140. The SMILES string of the molecule is CNc1nc(Cl)nc2c1ncn2CCC(CO)CO. The van der Waals surface area contributed by atoms with E-state index in [0.29, 0.717) is 29.9 Å². The Kier molecular flexibility index (Phi) is 4.52. The Hall–Kier alpha value is -1.44.